The minimum atomic E-state index is -1.21. The van der Waals surface area contributed by atoms with Crippen molar-refractivity contribution in [3.63, 3.8) is 0 Å². The van der Waals surface area contributed by atoms with Crippen LogP contribution in [0.2, 0.25) is 0 Å². The number of hydrogen-bond acceptors (Lipinski definition) is 3. The molecule has 5 nitrogen and oxygen atoms in total. The van der Waals surface area contributed by atoms with Crippen molar-refractivity contribution in [3.05, 3.63) is 35.5 Å². The molecular weight excluding hydrogens is 258 g/mol. The standard InChI is InChI=1S/C12H10F2N2O3/c1-16-9(5-8(15-16)12(17)18)6-3-4-7(13)10(14)11(6)19-2/h3-5H,1-2H3,(H,17,18). The number of rotatable bonds is 3. The number of aryl methyl sites for hydroxylation is 1. The van der Waals surface area contributed by atoms with Crippen LogP contribution in [0.5, 0.6) is 5.75 Å². The molecule has 100 valence electrons. The molecule has 1 N–H and O–H groups in total. The van der Waals surface area contributed by atoms with Crippen molar-refractivity contribution in [3.8, 4) is 17.0 Å². The van der Waals surface area contributed by atoms with E-state index in [0.29, 0.717) is 5.69 Å². The molecule has 0 bridgehead atoms. The Balaban J connectivity index is 2.65. The van der Waals surface area contributed by atoms with Gasteiger partial charge in [0.1, 0.15) is 0 Å². The molecule has 0 unspecified atom stereocenters. The zero-order valence-electron chi connectivity index (χ0n) is 10.1. The summed E-state index contributed by atoms with van der Waals surface area (Å²) in [5.74, 6) is -3.66. The Morgan fingerprint density at radius 3 is 2.63 bits per heavy atom. The minimum Gasteiger partial charge on any atom is -0.493 e. The van der Waals surface area contributed by atoms with Gasteiger partial charge in [-0.3, -0.25) is 4.68 Å². The van der Waals surface area contributed by atoms with Gasteiger partial charge in [-0.1, -0.05) is 0 Å². The molecule has 0 fully saturated rings. The lowest BCUT2D eigenvalue weighted by Crippen LogP contribution is -2.00. The van der Waals surface area contributed by atoms with Gasteiger partial charge >= 0.3 is 5.97 Å². The number of halogens is 2. The Bertz CT molecular complexity index is 653. The van der Waals surface area contributed by atoms with Crippen molar-refractivity contribution in [1.82, 2.24) is 9.78 Å². The largest absolute Gasteiger partial charge is 0.493 e. The highest BCUT2D eigenvalue weighted by atomic mass is 19.2. The predicted octanol–water partition coefficient (Wildman–Crippen LogP) is 2.07. The zero-order chi connectivity index (χ0) is 14.2. The molecule has 0 amide bonds. The van der Waals surface area contributed by atoms with E-state index in [4.69, 9.17) is 9.84 Å². The normalized spacial score (nSPS) is 10.5. The molecule has 7 heteroatoms. The Morgan fingerprint density at radius 2 is 2.11 bits per heavy atom. The van der Waals surface area contributed by atoms with Crippen molar-refractivity contribution in [2.24, 2.45) is 7.05 Å². The topological polar surface area (TPSA) is 64.3 Å². The average molecular weight is 268 g/mol. The van der Waals surface area contributed by atoms with Crippen LogP contribution in [0.3, 0.4) is 0 Å². The SMILES string of the molecule is COc1c(-c2cc(C(=O)O)nn2C)ccc(F)c1F. The van der Waals surface area contributed by atoms with E-state index in [9.17, 15) is 13.6 Å². The third-order valence-corrected chi connectivity index (χ3v) is 2.63. The first kappa shape index (κ1) is 13.0. The number of aromatic nitrogens is 2. The van der Waals surface area contributed by atoms with Crippen molar-refractivity contribution in [2.45, 2.75) is 0 Å². The van der Waals surface area contributed by atoms with Crippen LogP contribution in [0.4, 0.5) is 8.78 Å². The number of methoxy groups -OCH3 is 1. The lowest BCUT2D eigenvalue weighted by molar-refractivity contribution is 0.0689. The lowest BCUT2D eigenvalue weighted by atomic mass is 10.1. The molecule has 0 aliphatic rings. The van der Waals surface area contributed by atoms with Crippen LogP contribution in [-0.4, -0.2) is 28.0 Å². The first-order chi connectivity index (χ1) is 8.95. The molecule has 2 aromatic rings. The summed E-state index contributed by atoms with van der Waals surface area (Å²) >= 11 is 0. The lowest BCUT2D eigenvalue weighted by Gasteiger charge is -2.09. The molecule has 0 aliphatic carbocycles. The molecule has 1 aromatic carbocycles. The van der Waals surface area contributed by atoms with Crippen LogP contribution in [0.1, 0.15) is 10.5 Å². The highest BCUT2D eigenvalue weighted by Gasteiger charge is 2.20. The summed E-state index contributed by atoms with van der Waals surface area (Å²) in [7, 11) is 2.71. The second kappa shape index (κ2) is 4.68. The van der Waals surface area contributed by atoms with Crippen molar-refractivity contribution < 1.29 is 23.4 Å². The third kappa shape index (κ3) is 2.14. The van der Waals surface area contributed by atoms with Gasteiger partial charge in [0, 0.05) is 12.6 Å². The number of benzene rings is 1. The Hall–Kier alpha value is -2.44. The molecule has 0 saturated heterocycles. The fourth-order valence-corrected chi connectivity index (χ4v) is 1.76. The van der Waals surface area contributed by atoms with E-state index in [2.05, 4.69) is 5.10 Å². The van der Waals surface area contributed by atoms with Crippen LogP contribution in [0.15, 0.2) is 18.2 Å². The second-order valence-corrected chi connectivity index (χ2v) is 3.79. The number of carboxylic acids is 1. The second-order valence-electron chi connectivity index (χ2n) is 3.79. The molecule has 0 aliphatic heterocycles. The molecule has 19 heavy (non-hydrogen) atoms. The van der Waals surface area contributed by atoms with Gasteiger partial charge in [-0.25, -0.2) is 9.18 Å². The number of hydrogen-bond donors (Lipinski definition) is 1. The molecule has 0 radical (unpaired) electrons. The molecule has 2 rings (SSSR count). The number of nitrogens with zero attached hydrogens (tertiary/aromatic N) is 2. The van der Waals surface area contributed by atoms with Gasteiger partial charge in [-0.05, 0) is 18.2 Å². The Labute approximate surface area is 107 Å². The Kier molecular flexibility index (Phi) is 3.20. The monoisotopic (exact) mass is 268 g/mol. The summed E-state index contributed by atoms with van der Waals surface area (Å²) in [6.45, 7) is 0. The van der Waals surface area contributed by atoms with Crippen molar-refractivity contribution in [1.29, 1.82) is 0 Å². The van der Waals surface area contributed by atoms with Crippen LogP contribution in [0, 0.1) is 11.6 Å². The fourth-order valence-electron chi connectivity index (χ4n) is 1.76. The number of carbonyl (C=O) groups is 1. The zero-order valence-corrected chi connectivity index (χ0v) is 10.1. The van der Waals surface area contributed by atoms with Gasteiger partial charge in [-0.15, -0.1) is 0 Å². The van der Waals surface area contributed by atoms with Gasteiger partial charge in [0.15, 0.2) is 17.3 Å². The maximum absolute atomic E-state index is 13.6. The van der Waals surface area contributed by atoms with E-state index in [1.165, 1.54) is 31.0 Å². The van der Waals surface area contributed by atoms with Crippen LogP contribution >= 0.6 is 0 Å². The molecule has 0 atom stereocenters. The van der Waals surface area contributed by atoms with E-state index in [-0.39, 0.29) is 17.0 Å². The molecule has 0 saturated carbocycles. The van der Waals surface area contributed by atoms with E-state index in [1.54, 1.807) is 0 Å². The van der Waals surface area contributed by atoms with Crippen molar-refractivity contribution >= 4 is 5.97 Å². The highest BCUT2D eigenvalue weighted by molar-refractivity contribution is 5.87. The van der Waals surface area contributed by atoms with Crippen LogP contribution in [0.25, 0.3) is 11.3 Å². The first-order valence-electron chi connectivity index (χ1n) is 5.25. The predicted molar refractivity (Wildman–Crippen MR) is 62.1 cm³/mol. The van der Waals surface area contributed by atoms with Gasteiger partial charge in [0.25, 0.3) is 0 Å². The van der Waals surface area contributed by atoms with Gasteiger partial charge in [0.05, 0.1) is 12.8 Å². The first-order valence-corrected chi connectivity index (χ1v) is 5.25. The molecule has 1 aromatic heterocycles. The summed E-state index contributed by atoms with van der Waals surface area (Å²) in [5.41, 5.74) is 0.348. The average Bonchev–Trinajstić information content (AvgIpc) is 2.75. The summed E-state index contributed by atoms with van der Waals surface area (Å²) in [5, 5.41) is 12.6. The van der Waals surface area contributed by atoms with Gasteiger partial charge in [-0.2, -0.15) is 9.49 Å². The van der Waals surface area contributed by atoms with E-state index in [1.807, 2.05) is 0 Å². The summed E-state index contributed by atoms with van der Waals surface area (Å²) in [6.07, 6.45) is 0. The molecular formula is C12H10F2N2O3. The van der Waals surface area contributed by atoms with E-state index >= 15 is 0 Å². The van der Waals surface area contributed by atoms with Crippen molar-refractivity contribution in [2.75, 3.05) is 7.11 Å². The number of carboxylic acid groups (broad SMARTS) is 1. The van der Waals surface area contributed by atoms with Crippen LogP contribution < -0.4 is 4.74 Å². The van der Waals surface area contributed by atoms with E-state index in [0.717, 1.165) is 6.07 Å². The third-order valence-electron chi connectivity index (χ3n) is 2.63. The maximum atomic E-state index is 13.6. The van der Waals surface area contributed by atoms with Gasteiger partial charge in [0.2, 0.25) is 5.82 Å². The quantitative estimate of drug-likeness (QED) is 0.925. The molecule has 1 heterocycles. The summed E-state index contributed by atoms with van der Waals surface area (Å²) in [4.78, 5) is 10.8. The molecule has 0 spiro atoms. The van der Waals surface area contributed by atoms with E-state index < -0.39 is 17.6 Å². The number of aromatic carboxylic acids is 1. The highest BCUT2D eigenvalue weighted by Crippen LogP contribution is 2.33. The summed E-state index contributed by atoms with van der Waals surface area (Å²) < 4.78 is 32.8. The summed E-state index contributed by atoms with van der Waals surface area (Å²) in [6, 6.07) is 3.51. The fraction of sp³-hybridized carbons (Fsp3) is 0.167. The van der Waals surface area contributed by atoms with Crippen LogP contribution in [-0.2, 0) is 7.05 Å². The minimum absolute atomic E-state index is 0.190. The van der Waals surface area contributed by atoms with Gasteiger partial charge < -0.3 is 9.84 Å². The Morgan fingerprint density at radius 1 is 1.42 bits per heavy atom. The number of ether oxygens (including phenoxy) is 1. The smallest absolute Gasteiger partial charge is 0.356 e. The maximum Gasteiger partial charge on any atom is 0.356 e.